The molecule has 2 aromatic rings. The first-order valence-electron chi connectivity index (χ1n) is 8.84. The van der Waals surface area contributed by atoms with Crippen LogP contribution >= 0.6 is 0 Å². The highest BCUT2D eigenvalue weighted by atomic mass is 16.5. The van der Waals surface area contributed by atoms with Gasteiger partial charge in [-0.2, -0.15) is 0 Å². The Bertz CT molecular complexity index is 770. The van der Waals surface area contributed by atoms with Crippen LogP contribution in [-0.4, -0.2) is 32.1 Å². The number of aryl methyl sites for hydroxylation is 2. The number of carbonyl (C=O) groups excluding carboxylic acids is 2. The van der Waals surface area contributed by atoms with Gasteiger partial charge in [-0.15, -0.1) is 0 Å². The van der Waals surface area contributed by atoms with E-state index in [2.05, 4.69) is 0 Å². The molecule has 1 aliphatic rings. The number of ether oxygens (including phenoxy) is 2. The third-order valence-electron chi connectivity index (χ3n) is 4.54. The summed E-state index contributed by atoms with van der Waals surface area (Å²) in [5.41, 5.74) is 3.12. The number of benzene rings is 2. The maximum absolute atomic E-state index is 12.4. The molecule has 136 valence electrons. The Morgan fingerprint density at radius 3 is 2.62 bits per heavy atom. The number of hydrogen-bond acceptors (Lipinski definition) is 4. The van der Waals surface area contributed by atoms with Gasteiger partial charge in [0, 0.05) is 18.7 Å². The zero-order valence-corrected chi connectivity index (χ0v) is 14.9. The summed E-state index contributed by atoms with van der Waals surface area (Å²) in [6.07, 6.45) is 2.72. The SMILES string of the molecule is COc1ccc(CCC(=O)OCC(=O)N2CCCc3ccccc32)cc1. The van der Waals surface area contributed by atoms with Crippen molar-refractivity contribution in [1.29, 1.82) is 0 Å². The lowest BCUT2D eigenvalue weighted by Crippen LogP contribution is -2.38. The van der Waals surface area contributed by atoms with Gasteiger partial charge in [0.05, 0.1) is 7.11 Å². The van der Waals surface area contributed by atoms with Gasteiger partial charge in [0.15, 0.2) is 6.61 Å². The van der Waals surface area contributed by atoms with Crippen LogP contribution < -0.4 is 9.64 Å². The van der Waals surface area contributed by atoms with Gasteiger partial charge in [0.25, 0.3) is 5.91 Å². The molecule has 0 radical (unpaired) electrons. The van der Waals surface area contributed by atoms with E-state index in [0.29, 0.717) is 13.0 Å². The molecule has 0 N–H and O–H groups in total. The van der Waals surface area contributed by atoms with Gasteiger partial charge < -0.3 is 14.4 Å². The van der Waals surface area contributed by atoms with Crippen molar-refractivity contribution in [3.8, 4) is 5.75 Å². The third kappa shape index (κ3) is 4.42. The van der Waals surface area contributed by atoms with Crippen LogP contribution in [-0.2, 0) is 27.2 Å². The number of rotatable bonds is 6. The molecule has 3 rings (SSSR count). The van der Waals surface area contributed by atoms with Crippen LogP contribution in [0.15, 0.2) is 48.5 Å². The number of anilines is 1. The molecule has 5 heteroatoms. The van der Waals surface area contributed by atoms with Crippen molar-refractivity contribution in [2.75, 3.05) is 25.2 Å². The molecule has 2 aromatic carbocycles. The molecular formula is C21H23NO4. The summed E-state index contributed by atoms with van der Waals surface area (Å²) in [6, 6.07) is 15.4. The molecule has 0 aliphatic carbocycles. The monoisotopic (exact) mass is 353 g/mol. The highest BCUT2D eigenvalue weighted by molar-refractivity contribution is 5.96. The van der Waals surface area contributed by atoms with Gasteiger partial charge in [0.1, 0.15) is 5.75 Å². The Labute approximate surface area is 153 Å². The fraction of sp³-hybridized carbons (Fsp3) is 0.333. The second-order valence-corrected chi connectivity index (χ2v) is 6.29. The number of amides is 1. The van der Waals surface area contributed by atoms with Crippen LogP contribution in [0.25, 0.3) is 0 Å². The van der Waals surface area contributed by atoms with Crippen LogP contribution in [0.4, 0.5) is 5.69 Å². The number of para-hydroxylation sites is 1. The first-order chi connectivity index (χ1) is 12.7. The number of esters is 1. The maximum atomic E-state index is 12.4. The molecule has 1 amide bonds. The Kier molecular flexibility index (Phi) is 5.89. The van der Waals surface area contributed by atoms with Crippen molar-refractivity contribution in [2.45, 2.75) is 25.7 Å². The van der Waals surface area contributed by atoms with E-state index >= 15 is 0 Å². The fourth-order valence-corrected chi connectivity index (χ4v) is 3.12. The number of methoxy groups -OCH3 is 1. The zero-order chi connectivity index (χ0) is 18.4. The van der Waals surface area contributed by atoms with Gasteiger partial charge in [-0.3, -0.25) is 9.59 Å². The second-order valence-electron chi connectivity index (χ2n) is 6.29. The van der Waals surface area contributed by atoms with Crippen molar-refractivity contribution in [3.63, 3.8) is 0 Å². The van der Waals surface area contributed by atoms with Gasteiger partial charge in [-0.25, -0.2) is 0 Å². The number of carbonyl (C=O) groups is 2. The van der Waals surface area contributed by atoms with E-state index < -0.39 is 0 Å². The topological polar surface area (TPSA) is 55.8 Å². The summed E-state index contributed by atoms with van der Waals surface area (Å²) in [5, 5.41) is 0. The average Bonchev–Trinajstić information content (AvgIpc) is 2.70. The minimum atomic E-state index is -0.362. The minimum Gasteiger partial charge on any atom is -0.497 e. The maximum Gasteiger partial charge on any atom is 0.306 e. The molecule has 0 spiro atoms. The Morgan fingerprint density at radius 2 is 1.85 bits per heavy atom. The molecule has 1 heterocycles. The average molecular weight is 353 g/mol. The molecule has 0 saturated heterocycles. The normalized spacial score (nSPS) is 13.0. The van der Waals surface area contributed by atoms with E-state index in [1.54, 1.807) is 12.0 Å². The Morgan fingerprint density at radius 1 is 1.08 bits per heavy atom. The van der Waals surface area contributed by atoms with Crippen LogP contribution in [0, 0.1) is 0 Å². The van der Waals surface area contributed by atoms with Crippen molar-refractivity contribution in [3.05, 3.63) is 59.7 Å². The van der Waals surface area contributed by atoms with Crippen molar-refractivity contribution in [2.24, 2.45) is 0 Å². The predicted molar refractivity (Wildman–Crippen MR) is 99.4 cm³/mol. The number of fused-ring (bicyclic) bond motifs is 1. The molecule has 0 saturated carbocycles. The van der Waals surface area contributed by atoms with Crippen molar-refractivity contribution < 1.29 is 19.1 Å². The molecular weight excluding hydrogens is 330 g/mol. The Hall–Kier alpha value is -2.82. The molecule has 0 aromatic heterocycles. The summed E-state index contributed by atoms with van der Waals surface area (Å²) < 4.78 is 10.3. The van der Waals surface area contributed by atoms with Crippen LogP contribution in [0.3, 0.4) is 0 Å². The van der Waals surface area contributed by atoms with E-state index in [0.717, 1.165) is 35.4 Å². The van der Waals surface area contributed by atoms with E-state index in [1.165, 1.54) is 0 Å². The largest absolute Gasteiger partial charge is 0.497 e. The van der Waals surface area contributed by atoms with E-state index in [1.807, 2.05) is 48.5 Å². The molecule has 26 heavy (non-hydrogen) atoms. The van der Waals surface area contributed by atoms with Crippen LogP contribution in [0.2, 0.25) is 0 Å². The first kappa shape index (κ1) is 18.0. The summed E-state index contributed by atoms with van der Waals surface area (Å²) in [4.78, 5) is 26.1. The molecule has 0 bridgehead atoms. The van der Waals surface area contributed by atoms with E-state index in [-0.39, 0.29) is 24.9 Å². The Balaban J connectivity index is 1.48. The molecule has 0 atom stereocenters. The lowest BCUT2D eigenvalue weighted by atomic mass is 10.0. The van der Waals surface area contributed by atoms with Gasteiger partial charge >= 0.3 is 5.97 Å². The highest BCUT2D eigenvalue weighted by Gasteiger charge is 2.22. The van der Waals surface area contributed by atoms with Crippen LogP contribution in [0.1, 0.15) is 24.0 Å². The third-order valence-corrected chi connectivity index (χ3v) is 4.54. The van der Waals surface area contributed by atoms with Crippen LogP contribution in [0.5, 0.6) is 5.75 Å². The lowest BCUT2D eigenvalue weighted by molar-refractivity contribution is -0.147. The molecule has 0 fully saturated rings. The van der Waals surface area contributed by atoms with Gasteiger partial charge in [-0.1, -0.05) is 30.3 Å². The predicted octanol–water partition coefficient (Wildman–Crippen LogP) is 3.15. The van der Waals surface area contributed by atoms with Gasteiger partial charge in [-0.05, 0) is 48.6 Å². The van der Waals surface area contributed by atoms with Crippen molar-refractivity contribution in [1.82, 2.24) is 0 Å². The number of nitrogens with zero attached hydrogens (tertiary/aromatic N) is 1. The molecule has 1 aliphatic heterocycles. The quantitative estimate of drug-likeness (QED) is 0.749. The number of hydrogen-bond donors (Lipinski definition) is 0. The van der Waals surface area contributed by atoms with E-state index in [9.17, 15) is 9.59 Å². The highest BCUT2D eigenvalue weighted by Crippen LogP contribution is 2.26. The summed E-state index contributed by atoms with van der Waals surface area (Å²) in [5.74, 6) is 0.248. The fourth-order valence-electron chi connectivity index (χ4n) is 3.12. The smallest absolute Gasteiger partial charge is 0.306 e. The zero-order valence-electron chi connectivity index (χ0n) is 14.9. The summed E-state index contributed by atoms with van der Waals surface area (Å²) in [7, 11) is 1.62. The lowest BCUT2D eigenvalue weighted by Gasteiger charge is -2.29. The second kappa shape index (κ2) is 8.52. The van der Waals surface area contributed by atoms with Gasteiger partial charge in [0.2, 0.25) is 0 Å². The van der Waals surface area contributed by atoms with Crippen molar-refractivity contribution >= 4 is 17.6 Å². The molecule has 0 unspecified atom stereocenters. The first-order valence-corrected chi connectivity index (χ1v) is 8.84. The molecule has 5 nitrogen and oxygen atoms in total. The summed E-state index contributed by atoms with van der Waals surface area (Å²) >= 11 is 0. The summed E-state index contributed by atoms with van der Waals surface area (Å²) in [6.45, 7) is 0.453. The minimum absolute atomic E-state index is 0.171. The standard InChI is InChI=1S/C21H23NO4/c1-25-18-11-8-16(9-12-18)10-13-21(24)26-15-20(23)22-14-4-6-17-5-2-3-7-19(17)22/h2-3,5,7-9,11-12H,4,6,10,13-15H2,1H3. The van der Waals surface area contributed by atoms with E-state index in [4.69, 9.17) is 9.47 Å².